The zero-order valence-electron chi connectivity index (χ0n) is 9.85. The van der Waals surface area contributed by atoms with Crippen molar-refractivity contribution in [3.63, 3.8) is 0 Å². The lowest BCUT2D eigenvalue weighted by Crippen LogP contribution is -2.05. The van der Waals surface area contributed by atoms with Gasteiger partial charge in [-0.15, -0.1) is 0 Å². The first-order chi connectivity index (χ1) is 8.58. The quantitative estimate of drug-likeness (QED) is 0.807. The zero-order valence-corrected chi connectivity index (χ0v) is 9.85. The molecule has 0 fully saturated rings. The lowest BCUT2D eigenvalue weighted by atomic mass is 10.1. The predicted octanol–water partition coefficient (Wildman–Crippen LogP) is 1.67. The number of anilines is 2. The van der Waals surface area contributed by atoms with E-state index in [2.05, 4.69) is 9.97 Å². The summed E-state index contributed by atoms with van der Waals surface area (Å²) in [6.07, 6.45) is 0.976. The van der Waals surface area contributed by atoms with Crippen molar-refractivity contribution in [3.8, 4) is 6.01 Å². The molecule has 4 N–H and O–H groups in total. The molecule has 0 saturated heterocycles. The van der Waals surface area contributed by atoms with Gasteiger partial charge in [0.05, 0.1) is 6.20 Å². The second-order valence-electron chi connectivity index (χ2n) is 3.81. The van der Waals surface area contributed by atoms with E-state index in [-0.39, 0.29) is 18.4 Å². The van der Waals surface area contributed by atoms with Gasteiger partial charge >= 0.3 is 6.01 Å². The van der Waals surface area contributed by atoms with E-state index in [1.54, 1.807) is 0 Å². The number of rotatable bonds is 3. The molecule has 94 valence electrons. The van der Waals surface area contributed by atoms with Gasteiger partial charge in [0, 0.05) is 5.69 Å². The van der Waals surface area contributed by atoms with Gasteiger partial charge in [-0.25, -0.2) is 9.37 Å². The maximum atomic E-state index is 12.9. The Balaban J connectivity index is 2.11. The van der Waals surface area contributed by atoms with E-state index in [1.165, 1.54) is 0 Å². The van der Waals surface area contributed by atoms with Crippen LogP contribution in [0.25, 0.3) is 0 Å². The van der Waals surface area contributed by atoms with Crippen LogP contribution in [0.2, 0.25) is 0 Å². The topological polar surface area (TPSA) is 87.0 Å². The van der Waals surface area contributed by atoms with Crippen LogP contribution < -0.4 is 16.2 Å². The molecule has 0 unspecified atom stereocenters. The highest BCUT2D eigenvalue weighted by molar-refractivity contribution is 5.49. The van der Waals surface area contributed by atoms with Crippen LogP contribution in [0.5, 0.6) is 6.01 Å². The highest BCUT2D eigenvalue weighted by atomic mass is 19.1. The molecule has 0 atom stereocenters. The van der Waals surface area contributed by atoms with Gasteiger partial charge in [0.2, 0.25) is 0 Å². The highest BCUT2D eigenvalue weighted by Crippen LogP contribution is 2.17. The number of hydrogen-bond donors (Lipinski definition) is 2. The molecule has 1 heterocycles. The normalized spacial score (nSPS) is 10.3. The van der Waals surface area contributed by atoms with Crippen LogP contribution in [0.1, 0.15) is 11.1 Å². The smallest absolute Gasteiger partial charge is 0.318 e. The molecule has 18 heavy (non-hydrogen) atoms. The lowest BCUT2D eigenvalue weighted by Gasteiger charge is -2.09. The number of hydrogen-bond acceptors (Lipinski definition) is 5. The van der Waals surface area contributed by atoms with Crippen molar-refractivity contribution in [1.29, 1.82) is 0 Å². The molecule has 0 aliphatic carbocycles. The van der Waals surface area contributed by atoms with Crippen molar-refractivity contribution < 1.29 is 9.13 Å². The maximum absolute atomic E-state index is 12.9. The van der Waals surface area contributed by atoms with Gasteiger partial charge in [-0.3, -0.25) is 0 Å². The SMILES string of the molecule is Cc1c(N)cccc1COc1ncc(F)c(N)n1. The average molecular weight is 248 g/mol. The Hall–Kier alpha value is -2.37. The van der Waals surface area contributed by atoms with E-state index in [0.717, 1.165) is 17.3 Å². The molecule has 0 radical (unpaired) electrons. The Morgan fingerprint density at radius 1 is 1.33 bits per heavy atom. The van der Waals surface area contributed by atoms with Crippen LogP contribution in [0.15, 0.2) is 24.4 Å². The van der Waals surface area contributed by atoms with Crippen LogP contribution in [0.3, 0.4) is 0 Å². The summed E-state index contributed by atoms with van der Waals surface area (Å²) in [6, 6.07) is 5.57. The molecule has 1 aromatic carbocycles. The van der Waals surface area contributed by atoms with Gasteiger partial charge in [-0.1, -0.05) is 12.1 Å². The number of nitrogens with zero attached hydrogens (tertiary/aromatic N) is 2. The number of nitrogens with two attached hydrogens (primary N) is 2. The van der Waals surface area contributed by atoms with Gasteiger partial charge in [-0.2, -0.15) is 4.98 Å². The number of halogens is 1. The zero-order chi connectivity index (χ0) is 13.1. The summed E-state index contributed by atoms with van der Waals surface area (Å²) in [5, 5.41) is 0. The largest absolute Gasteiger partial charge is 0.459 e. The number of benzene rings is 1. The third-order valence-corrected chi connectivity index (χ3v) is 2.59. The molecule has 1 aromatic heterocycles. The summed E-state index contributed by atoms with van der Waals surface area (Å²) >= 11 is 0. The van der Waals surface area contributed by atoms with Gasteiger partial charge in [0.15, 0.2) is 11.6 Å². The molecule has 5 nitrogen and oxygen atoms in total. The molecule has 2 rings (SSSR count). The standard InChI is InChI=1S/C12H13FN4O/c1-7-8(3-2-4-10(7)14)6-18-12-16-5-9(13)11(15)17-12/h2-5H,6,14H2,1H3,(H2,15,16,17). The minimum atomic E-state index is -0.664. The Kier molecular flexibility index (Phi) is 3.27. The van der Waals surface area contributed by atoms with Crippen LogP contribution >= 0.6 is 0 Å². The van der Waals surface area contributed by atoms with E-state index < -0.39 is 5.82 Å². The third kappa shape index (κ3) is 2.48. The van der Waals surface area contributed by atoms with E-state index >= 15 is 0 Å². The van der Waals surface area contributed by atoms with Gasteiger partial charge < -0.3 is 16.2 Å². The number of aromatic nitrogens is 2. The molecule has 0 aliphatic rings. The fourth-order valence-corrected chi connectivity index (χ4v) is 1.43. The first kappa shape index (κ1) is 12.1. The molecule has 2 aromatic rings. The molecular formula is C12H13FN4O. The van der Waals surface area contributed by atoms with E-state index in [9.17, 15) is 4.39 Å². The molecule has 0 saturated carbocycles. The molecule has 0 bridgehead atoms. The summed E-state index contributed by atoms with van der Waals surface area (Å²) in [6.45, 7) is 2.15. The van der Waals surface area contributed by atoms with Gasteiger partial charge in [0.1, 0.15) is 6.61 Å². The number of ether oxygens (including phenoxy) is 1. The molecule has 0 spiro atoms. The Labute approximate surface area is 104 Å². The summed E-state index contributed by atoms with van der Waals surface area (Å²) in [7, 11) is 0. The first-order valence-electron chi connectivity index (χ1n) is 5.32. The molecule has 0 aliphatic heterocycles. The van der Waals surface area contributed by atoms with Crippen LogP contribution in [0.4, 0.5) is 15.9 Å². The van der Waals surface area contributed by atoms with Crippen LogP contribution in [-0.2, 0) is 6.61 Å². The monoisotopic (exact) mass is 248 g/mol. The van der Waals surface area contributed by atoms with E-state index in [4.69, 9.17) is 16.2 Å². The van der Waals surface area contributed by atoms with Crippen LogP contribution in [-0.4, -0.2) is 9.97 Å². The minimum Gasteiger partial charge on any atom is -0.459 e. The summed E-state index contributed by atoms with van der Waals surface area (Å²) in [5.41, 5.74) is 13.6. The highest BCUT2D eigenvalue weighted by Gasteiger charge is 2.06. The summed E-state index contributed by atoms with van der Waals surface area (Å²) in [5.74, 6) is -0.896. The van der Waals surface area contributed by atoms with Crippen molar-refractivity contribution >= 4 is 11.5 Å². The van der Waals surface area contributed by atoms with Gasteiger partial charge in [0.25, 0.3) is 0 Å². The summed E-state index contributed by atoms with van der Waals surface area (Å²) < 4.78 is 18.2. The Morgan fingerprint density at radius 3 is 2.83 bits per heavy atom. The van der Waals surface area contributed by atoms with Crippen molar-refractivity contribution in [2.24, 2.45) is 0 Å². The average Bonchev–Trinajstić information content (AvgIpc) is 2.35. The van der Waals surface area contributed by atoms with E-state index in [0.29, 0.717) is 5.69 Å². The van der Waals surface area contributed by atoms with Crippen molar-refractivity contribution in [2.75, 3.05) is 11.5 Å². The summed E-state index contributed by atoms with van der Waals surface area (Å²) in [4.78, 5) is 7.36. The third-order valence-electron chi connectivity index (χ3n) is 2.59. The van der Waals surface area contributed by atoms with E-state index in [1.807, 2.05) is 25.1 Å². The molecule has 6 heteroatoms. The second kappa shape index (κ2) is 4.87. The van der Waals surface area contributed by atoms with Crippen molar-refractivity contribution in [1.82, 2.24) is 9.97 Å². The Morgan fingerprint density at radius 2 is 2.11 bits per heavy atom. The minimum absolute atomic E-state index is 0.0377. The molecule has 0 amide bonds. The first-order valence-corrected chi connectivity index (χ1v) is 5.32. The lowest BCUT2D eigenvalue weighted by molar-refractivity contribution is 0.279. The fourth-order valence-electron chi connectivity index (χ4n) is 1.43. The van der Waals surface area contributed by atoms with Gasteiger partial charge in [-0.05, 0) is 24.1 Å². The predicted molar refractivity (Wildman–Crippen MR) is 66.3 cm³/mol. The number of nitrogen functional groups attached to an aromatic ring is 2. The van der Waals surface area contributed by atoms with Crippen LogP contribution in [0, 0.1) is 12.7 Å². The molecular weight excluding hydrogens is 235 g/mol. The maximum Gasteiger partial charge on any atom is 0.318 e. The van der Waals surface area contributed by atoms with Crippen molar-refractivity contribution in [3.05, 3.63) is 41.3 Å². The van der Waals surface area contributed by atoms with Crippen molar-refractivity contribution in [2.45, 2.75) is 13.5 Å². The fraction of sp³-hybridized carbons (Fsp3) is 0.167. The Bertz CT molecular complexity index is 574. The second-order valence-corrected chi connectivity index (χ2v) is 3.81.